The van der Waals surface area contributed by atoms with Gasteiger partial charge in [-0.15, -0.1) is 0 Å². The minimum Gasteiger partial charge on any atom is -0.462 e. The number of rotatable bonds is 37. The van der Waals surface area contributed by atoms with Gasteiger partial charge < -0.3 is 19.3 Å². The molecule has 2 atom stereocenters. The van der Waals surface area contributed by atoms with E-state index in [1.165, 1.54) is 77.0 Å². The van der Waals surface area contributed by atoms with Gasteiger partial charge >= 0.3 is 11.9 Å². The maximum Gasteiger partial charge on any atom is 0.311 e. The second-order valence-electron chi connectivity index (χ2n) is 17.1. The summed E-state index contributed by atoms with van der Waals surface area (Å²) >= 11 is 0. The first-order valence-corrected chi connectivity index (χ1v) is 24.2. The third-order valence-electron chi connectivity index (χ3n) is 11.3. The highest BCUT2D eigenvalue weighted by Crippen LogP contribution is 2.30. The molecule has 0 aromatic heterocycles. The van der Waals surface area contributed by atoms with Crippen LogP contribution in [-0.4, -0.2) is 73.6 Å². The second-order valence-corrected chi connectivity index (χ2v) is 17.1. The highest BCUT2D eigenvalue weighted by Gasteiger charge is 2.46. The fourth-order valence-electron chi connectivity index (χ4n) is 7.50. The van der Waals surface area contributed by atoms with Gasteiger partial charge in [-0.1, -0.05) is 128 Å². The largest absolute Gasteiger partial charge is 0.462 e. The molecule has 0 N–H and O–H groups in total. The quantitative estimate of drug-likeness (QED) is 0.0353. The van der Waals surface area contributed by atoms with Crippen molar-refractivity contribution >= 4 is 17.8 Å². The van der Waals surface area contributed by atoms with Crippen LogP contribution < -0.4 is 0 Å². The zero-order chi connectivity index (χ0) is 42.5. The third-order valence-corrected chi connectivity index (χ3v) is 11.3. The first-order valence-electron chi connectivity index (χ1n) is 24.2. The smallest absolute Gasteiger partial charge is 0.311 e. The van der Waals surface area contributed by atoms with Gasteiger partial charge in [0.2, 0.25) is 5.91 Å². The van der Waals surface area contributed by atoms with Gasteiger partial charge in [0, 0.05) is 19.5 Å². The molecule has 58 heavy (non-hydrogen) atoms. The Morgan fingerprint density at radius 2 is 0.828 bits per heavy atom. The molecule has 1 fully saturated rings. The van der Waals surface area contributed by atoms with Gasteiger partial charge in [0.05, 0.1) is 11.8 Å². The molecule has 0 radical (unpaired) electrons. The Kier molecular flexibility index (Phi) is 34.3. The maximum atomic E-state index is 14.2. The average Bonchev–Trinajstić information content (AvgIpc) is 3.67. The molecule has 1 amide bonds. The van der Waals surface area contributed by atoms with Crippen LogP contribution >= 0.6 is 0 Å². The van der Waals surface area contributed by atoms with Gasteiger partial charge in [0.25, 0.3) is 0 Å². The van der Waals surface area contributed by atoms with E-state index in [0.717, 1.165) is 96.4 Å². The summed E-state index contributed by atoms with van der Waals surface area (Å²) in [7, 11) is 4.08. The zero-order valence-corrected chi connectivity index (χ0v) is 38.6. The molecular weight excluding hydrogens is 721 g/mol. The van der Waals surface area contributed by atoms with Crippen LogP contribution in [0.5, 0.6) is 0 Å². The van der Waals surface area contributed by atoms with Gasteiger partial charge in [-0.3, -0.25) is 14.4 Å². The van der Waals surface area contributed by atoms with Crippen molar-refractivity contribution in [2.45, 2.75) is 213 Å². The molecule has 334 valence electrons. The fraction of sp³-hybridized carbons (Fsp3) is 0.784. The highest BCUT2D eigenvalue weighted by atomic mass is 16.6. The van der Waals surface area contributed by atoms with Gasteiger partial charge in [0.15, 0.2) is 0 Å². The number of nitrogens with zero attached hydrogens (tertiary/aromatic N) is 2. The predicted octanol–water partition coefficient (Wildman–Crippen LogP) is 13.3. The van der Waals surface area contributed by atoms with Crippen molar-refractivity contribution in [2.24, 2.45) is 11.8 Å². The van der Waals surface area contributed by atoms with Gasteiger partial charge in [-0.05, 0) is 136 Å². The molecular formula is C51H90N2O5. The molecule has 1 saturated heterocycles. The Balaban J connectivity index is 3.17. The number of esters is 2. The molecule has 1 aliphatic rings. The Bertz CT molecular complexity index is 1020. The van der Waals surface area contributed by atoms with Crippen LogP contribution in [0.2, 0.25) is 0 Å². The molecule has 2 unspecified atom stereocenters. The summed E-state index contributed by atoms with van der Waals surface area (Å²) in [5.74, 6) is -2.19. The predicted molar refractivity (Wildman–Crippen MR) is 246 cm³/mol. The summed E-state index contributed by atoms with van der Waals surface area (Å²) < 4.78 is 12.7. The van der Waals surface area contributed by atoms with Crippen LogP contribution in [0.4, 0.5) is 0 Å². The molecule has 1 aliphatic heterocycles. The molecule has 0 aromatic carbocycles. The number of unbranched alkanes of at least 4 members (excludes halogenated alkanes) is 13. The molecule has 1 heterocycles. The number of hydrogen-bond acceptors (Lipinski definition) is 6. The lowest BCUT2D eigenvalue weighted by atomic mass is 9.95. The summed E-state index contributed by atoms with van der Waals surface area (Å²) in [6.07, 6.45) is 44.8. The average molecular weight is 811 g/mol. The summed E-state index contributed by atoms with van der Waals surface area (Å²) in [4.78, 5) is 45.7. The minimum absolute atomic E-state index is 0.00259. The number of amides is 1. The van der Waals surface area contributed by atoms with E-state index in [1.54, 1.807) is 4.90 Å². The SMILES string of the molecule is CCCCC/C=C\CCC(CC/C=C\CCCCC)OC(=O)C1CN(C(=O)CCCCN(C)C)CC1C(=O)OC(CC/C=C\CCCCC)CC/C=C\CCCCC. The van der Waals surface area contributed by atoms with Crippen LogP contribution in [-0.2, 0) is 23.9 Å². The number of allylic oxidation sites excluding steroid dienone is 8. The van der Waals surface area contributed by atoms with Gasteiger partial charge in [0.1, 0.15) is 12.2 Å². The molecule has 0 bridgehead atoms. The molecule has 0 spiro atoms. The molecule has 0 aromatic rings. The number of carbonyl (C=O) groups excluding carboxylic acids is 3. The normalized spacial score (nSPS) is 16.2. The second kappa shape index (κ2) is 37.3. The molecule has 7 heteroatoms. The number of hydrogen-bond donors (Lipinski definition) is 0. The van der Waals surface area contributed by atoms with Crippen LogP contribution in [0.15, 0.2) is 48.6 Å². The summed E-state index contributed by atoms with van der Waals surface area (Å²) in [6.45, 7) is 10.2. The van der Waals surface area contributed by atoms with E-state index in [4.69, 9.17) is 9.47 Å². The molecule has 1 rings (SSSR count). The van der Waals surface area contributed by atoms with E-state index < -0.39 is 11.8 Å². The Morgan fingerprint density at radius 3 is 1.14 bits per heavy atom. The van der Waals surface area contributed by atoms with Crippen LogP contribution in [0.1, 0.15) is 201 Å². The van der Waals surface area contributed by atoms with Crippen molar-refractivity contribution in [2.75, 3.05) is 33.7 Å². The Labute approximate surface area is 357 Å². The van der Waals surface area contributed by atoms with Gasteiger partial charge in [-0.2, -0.15) is 0 Å². The van der Waals surface area contributed by atoms with Gasteiger partial charge in [-0.25, -0.2) is 0 Å². The fourth-order valence-corrected chi connectivity index (χ4v) is 7.50. The summed E-state index contributed by atoms with van der Waals surface area (Å²) in [6, 6.07) is 0. The minimum atomic E-state index is -0.729. The Hall–Kier alpha value is -2.67. The summed E-state index contributed by atoms with van der Waals surface area (Å²) in [5.41, 5.74) is 0. The number of ether oxygens (including phenoxy) is 2. The van der Waals surface area contributed by atoms with Crippen LogP contribution in [0.25, 0.3) is 0 Å². The highest BCUT2D eigenvalue weighted by molar-refractivity contribution is 5.86. The first kappa shape index (κ1) is 53.3. The lowest BCUT2D eigenvalue weighted by Gasteiger charge is -2.23. The van der Waals surface area contributed by atoms with Crippen molar-refractivity contribution in [3.63, 3.8) is 0 Å². The topological polar surface area (TPSA) is 76.2 Å². The standard InChI is InChI=1S/C51H90N2O5/c1-7-11-15-19-23-27-31-37-45(38-32-28-24-20-16-12-8-2)57-50(55)47-43-53(49(54)41-35-36-42-52(5)6)44-48(47)51(56)58-46(39-33-29-25-21-17-13-9-3)40-34-30-26-22-18-14-10-4/h23-30,45-48H,7-22,31-44H2,1-6H3/b27-23-,28-24-,29-25-,30-26-. The van der Waals surface area contributed by atoms with Crippen molar-refractivity contribution in [1.82, 2.24) is 9.80 Å². The molecule has 0 aliphatic carbocycles. The van der Waals surface area contributed by atoms with E-state index in [-0.39, 0.29) is 43.1 Å². The van der Waals surface area contributed by atoms with E-state index in [2.05, 4.69) is 81.2 Å². The molecule has 7 nitrogen and oxygen atoms in total. The van der Waals surface area contributed by atoms with Crippen molar-refractivity contribution in [3.05, 3.63) is 48.6 Å². The van der Waals surface area contributed by atoms with Crippen molar-refractivity contribution in [1.29, 1.82) is 0 Å². The lowest BCUT2D eigenvalue weighted by Crippen LogP contribution is -2.35. The van der Waals surface area contributed by atoms with E-state index in [9.17, 15) is 14.4 Å². The Morgan fingerprint density at radius 1 is 0.500 bits per heavy atom. The van der Waals surface area contributed by atoms with E-state index in [0.29, 0.717) is 6.42 Å². The third kappa shape index (κ3) is 27.9. The van der Waals surface area contributed by atoms with Crippen molar-refractivity contribution in [3.8, 4) is 0 Å². The van der Waals surface area contributed by atoms with Crippen LogP contribution in [0.3, 0.4) is 0 Å². The van der Waals surface area contributed by atoms with E-state index in [1.807, 2.05) is 14.1 Å². The monoisotopic (exact) mass is 811 g/mol. The first-order chi connectivity index (χ1) is 28.3. The van der Waals surface area contributed by atoms with Crippen LogP contribution in [0, 0.1) is 11.8 Å². The number of carbonyl (C=O) groups is 3. The molecule has 0 saturated carbocycles. The summed E-state index contributed by atoms with van der Waals surface area (Å²) in [5, 5.41) is 0. The zero-order valence-electron chi connectivity index (χ0n) is 38.6. The maximum absolute atomic E-state index is 14.2. The lowest BCUT2D eigenvalue weighted by molar-refractivity contribution is -0.165. The van der Waals surface area contributed by atoms with Crippen molar-refractivity contribution < 1.29 is 23.9 Å². The number of likely N-dealkylation sites (tertiary alicyclic amines) is 1. The van der Waals surface area contributed by atoms with E-state index >= 15 is 0 Å².